The number of carbonyl (C=O) groups excluding carboxylic acids is 1. The maximum atomic E-state index is 14.1. The van der Waals surface area contributed by atoms with Crippen molar-refractivity contribution in [3.63, 3.8) is 0 Å². The fourth-order valence-corrected chi connectivity index (χ4v) is 6.35. The van der Waals surface area contributed by atoms with Crippen LogP contribution in [0, 0.1) is 10.1 Å². The lowest BCUT2D eigenvalue weighted by atomic mass is 9.73. The fraction of sp³-hybridized carbons (Fsp3) is 0.458. The summed E-state index contributed by atoms with van der Waals surface area (Å²) in [6, 6.07) is 9.00. The van der Waals surface area contributed by atoms with E-state index < -0.39 is 29.6 Å². The summed E-state index contributed by atoms with van der Waals surface area (Å²) < 4.78 is 16.5. The molecule has 0 bridgehead atoms. The minimum Gasteiger partial charge on any atom is -0.493 e. The van der Waals surface area contributed by atoms with Gasteiger partial charge in [0.25, 0.3) is 5.91 Å². The van der Waals surface area contributed by atoms with Crippen molar-refractivity contribution >= 4 is 11.6 Å². The molecule has 10 nitrogen and oxygen atoms in total. The van der Waals surface area contributed by atoms with Gasteiger partial charge in [-0.25, -0.2) is 0 Å². The van der Waals surface area contributed by atoms with Gasteiger partial charge < -0.3 is 24.2 Å². The van der Waals surface area contributed by atoms with Crippen molar-refractivity contribution in [2.45, 2.75) is 36.1 Å². The van der Waals surface area contributed by atoms with Crippen LogP contribution in [0.15, 0.2) is 36.4 Å². The Balaban J connectivity index is 1.84. The summed E-state index contributed by atoms with van der Waals surface area (Å²) in [5.41, 5.74) is 0.591. The van der Waals surface area contributed by atoms with E-state index in [0.717, 1.165) is 0 Å². The minimum atomic E-state index is -1.35. The number of methoxy groups -OCH3 is 3. The number of anilines is 1. The molecule has 1 amide bonds. The van der Waals surface area contributed by atoms with Gasteiger partial charge in [-0.1, -0.05) is 18.2 Å². The molecule has 3 aliphatic rings. The van der Waals surface area contributed by atoms with Gasteiger partial charge >= 0.3 is 0 Å². The van der Waals surface area contributed by atoms with E-state index in [9.17, 15) is 20.0 Å². The van der Waals surface area contributed by atoms with E-state index in [2.05, 4.69) is 0 Å². The highest BCUT2D eigenvalue weighted by molar-refractivity contribution is 6.08. The second-order valence-corrected chi connectivity index (χ2v) is 8.97. The number of aliphatic hydroxyl groups excluding tert-OH is 1. The summed E-state index contributed by atoms with van der Waals surface area (Å²) >= 11 is 0. The monoisotopic (exact) mass is 469 g/mol. The molecule has 3 heterocycles. The first kappa shape index (κ1) is 22.4. The number of hydrogen-bond acceptors (Lipinski definition) is 8. The highest BCUT2D eigenvalue weighted by atomic mass is 16.6. The smallest absolute Gasteiger partial charge is 0.252 e. The molecule has 2 aromatic rings. The predicted molar refractivity (Wildman–Crippen MR) is 122 cm³/mol. The molecule has 0 aromatic heterocycles. The number of benzene rings is 2. The Hall–Kier alpha value is -3.37. The molecule has 10 heteroatoms. The number of likely N-dealkylation sites (N-methyl/N-ethyl adjacent to an activating group) is 1. The van der Waals surface area contributed by atoms with Crippen LogP contribution in [-0.4, -0.2) is 73.9 Å². The topological polar surface area (TPSA) is 115 Å². The molecule has 5 rings (SSSR count). The van der Waals surface area contributed by atoms with Gasteiger partial charge in [0, 0.05) is 29.8 Å². The Bertz CT molecular complexity index is 1150. The van der Waals surface area contributed by atoms with Crippen LogP contribution in [0.2, 0.25) is 0 Å². The number of nitro groups is 1. The van der Waals surface area contributed by atoms with E-state index >= 15 is 0 Å². The largest absolute Gasteiger partial charge is 0.493 e. The van der Waals surface area contributed by atoms with Crippen LogP contribution in [0.5, 0.6) is 17.2 Å². The zero-order chi connectivity index (χ0) is 24.4. The second-order valence-electron chi connectivity index (χ2n) is 8.97. The number of hydrogen-bond donors (Lipinski definition) is 1. The Morgan fingerprint density at radius 2 is 1.76 bits per heavy atom. The zero-order valence-corrected chi connectivity index (χ0v) is 19.4. The van der Waals surface area contributed by atoms with E-state index in [4.69, 9.17) is 14.2 Å². The molecule has 2 fully saturated rings. The Kier molecular flexibility index (Phi) is 5.18. The first-order valence-electron chi connectivity index (χ1n) is 11.1. The second kappa shape index (κ2) is 7.85. The van der Waals surface area contributed by atoms with E-state index in [-0.39, 0.29) is 23.8 Å². The van der Waals surface area contributed by atoms with Crippen LogP contribution >= 0.6 is 0 Å². The highest BCUT2D eigenvalue weighted by Gasteiger charge is 2.73. The molecule has 3 aliphatic heterocycles. The summed E-state index contributed by atoms with van der Waals surface area (Å²) in [6.45, 7) is 0.170. The third-order valence-electron chi connectivity index (χ3n) is 7.56. The number of carbonyl (C=O) groups is 1. The number of ether oxygens (including phenoxy) is 3. The maximum absolute atomic E-state index is 14.1. The van der Waals surface area contributed by atoms with Crippen LogP contribution in [-0.2, 0) is 10.3 Å². The number of nitrogens with zero attached hydrogens (tertiary/aromatic N) is 3. The van der Waals surface area contributed by atoms with E-state index in [1.807, 2.05) is 29.2 Å². The fourth-order valence-electron chi connectivity index (χ4n) is 6.35. The van der Waals surface area contributed by atoms with Gasteiger partial charge in [-0.15, -0.1) is 0 Å². The molecule has 0 radical (unpaired) electrons. The SMILES string of the molecule is COc1cc([C@H]2[C@H]([N+](=O)[O-])[C@@H]3C[C@@H](O)CN3[C@]23C(=O)N(C)c2ccccc23)cc(OC)c1OC. The normalized spacial score (nSPS) is 29.9. The molecule has 34 heavy (non-hydrogen) atoms. The molecule has 0 saturated carbocycles. The first-order valence-corrected chi connectivity index (χ1v) is 11.1. The molecule has 2 aromatic carbocycles. The first-order chi connectivity index (χ1) is 16.3. The van der Waals surface area contributed by atoms with Crippen LogP contribution in [0.3, 0.4) is 0 Å². The number of rotatable bonds is 5. The summed E-state index contributed by atoms with van der Waals surface area (Å²) in [4.78, 5) is 29.8. The predicted octanol–water partition coefficient (Wildman–Crippen LogP) is 1.76. The lowest BCUT2D eigenvalue weighted by molar-refractivity contribution is -0.527. The third kappa shape index (κ3) is 2.72. The average molecular weight is 469 g/mol. The van der Waals surface area contributed by atoms with Gasteiger partial charge in [0.1, 0.15) is 5.54 Å². The van der Waals surface area contributed by atoms with Crippen molar-refractivity contribution in [3.8, 4) is 17.2 Å². The molecule has 0 unspecified atom stereocenters. The lowest BCUT2D eigenvalue weighted by Crippen LogP contribution is -2.52. The molecule has 0 aliphatic carbocycles. The summed E-state index contributed by atoms with van der Waals surface area (Å²) in [6.07, 6.45) is -0.538. The van der Waals surface area contributed by atoms with Crippen LogP contribution < -0.4 is 19.1 Å². The molecule has 180 valence electrons. The minimum absolute atomic E-state index is 0.170. The van der Waals surface area contributed by atoms with Crippen molar-refractivity contribution in [2.24, 2.45) is 0 Å². The lowest BCUT2D eigenvalue weighted by Gasteiger charge is -2.37. The van der Waals surface area contributed by atoms with Gasteiger partial charge in [-0.2, -0.15) is 0 Å². The Morgan fingerprint density at radius 3 is 2.35 bits per heavy atom. The summed E-state index contributed by atoms with van der Waals surface area (Å²) in [5.74, 6) is -0.0330. The van der Waals surface area contributed by atoms with Gasteiger partial charge in [0.05, 0.1) is 39.4 Å². The molecular formula is C24H27N3O7. The van der Waals surface area contributed by atoms with Gasteiger partial charge in [0.2, 0.25) is 11.8 Å². The van der Waals surface area contributed by atoms with Gasteiger partial charge in [-0.3, -0.25) is 19.8 Å². The quantitative estimate of drug-likeness (QED) is 0.521. The summed E-state index contributed by atoms with van der Waals surface area (Å²) in [7, 11) is 6.13. The van der Waals surface area contributed by atoms with Crippen LogP contribution in [0.4, 0.5) is 5.69 Å². The number of amides is 1. The van der Waals surface area contributed by atoms with E-state index in [1.165, 1.54) is 21.3 Å². The molecule has 1 spiro atoms. The van der Waals surface area contributed by atoms with E-state index in [1.54, 1.807) is 24.1 Å². The summed E-state index contributed by atoms with van der Waals surface area (Å²) in [5, 5.41) is 23.1. The van der Waals surface area contributed by atoms with Crippen LogP contribution in [0.25, 0.3) is 0 Å². The Morgan fingerprint density at radius 1 is 1.12 bits per heavy atom. The maximum Gasteiger partial charge on any atom is 0.252 e. The molecule has 5 atom stereocenters. The average Bonchev–Trinajstić information content (AvgIpc) is 3.42. The molecular weight excluding hydrogens is 442 g/mol. The Labute approximate surface area is 196 Å². The highest BCUT2D eigenvalue weighted by Crippen LogP contribution is 2.61. The standard InChI is InChI=1S/C24H27N3O7/c1-25-16-8-6-5-7-15(16)24(23(25)29)20(21(27(30)31)17-11-14(28)12-26(17)24)13-9-18(32-2)22(34-4)19(10-13)33-3/h5-10,14,17,20-21,28H,11-12H2,1-4H3/t14-,17+,20+,21-,24+/m1/s1. The van der Waals surface area contributed by atoms with Crippen molar-refractivity contribution in [1.29, 1.82) is 0 Å². The van der Waals surface area contributed by atoms with Crippen molar-refractivity contribution < 1.29 is 29.0 Å². The van der Waals surface area contributed by atoms with Gasteiger partial charge in [-0.05, 0) is 30.2 Å². The number of fused-ring (bicyclic) bond motifs is 4. The zero-order valence-electron chi connectivity index (χ0n) is 19.4. The third-order valence-corrected chi connectivity index (χ3v) is 7.56. The van der Waals surface area contributed by atoms with Crippen molar-refractivity contribution in [2.75, 3.05) is 39.8 Å². The number of para-hydroxylation sites is 1. The van der Waals surface area contributed by atoms with Crippen molar-refractivity contribution in [3.05, 3.63) is 57.6 Å². The number of aliphatic hydroxyl groups is 1. The van der Waals surface area contributed by atoms with E-state index in [0.29, 0.717) is 34.1 Å². The van der Waals surface area contributed by atoms with Crippen LogP contribution in [0.1, 0.15) is 23.5 Å². The molecule has 1 N–H and O–H groups in total. The van der Waals surface area contributed by atoms with Gasteiger partial charge in [0.15, 0.2) is 11.5 Å². The molecule has 2 saturated heterocycles. The van der Waals surface area contributed by atoms with Crippen molar-refractivity contribution in [1.82, 2.24) is 4.90 Å².